The van der Waals surface area contributed by atoms with Crippen molar-refractivity contribution >= 4 is 5.91 Å². The van der Waals surface area contributed by atoms with Gasteiger partial charge in [0.2, 0.25) is 5.91 Å². The zero-order valence-electron chi connectivity index (χ0n) is 12.8. The monoisotopic (exact) mass is 291 g/mol. The van der Waals surface area contributed by atoms with Gasteiger partial charge in [-0.15, -0.1) is 0 Å². The fourth-order valence-electron chi connectivity index (χ4n) is 3.49. The molecule has 2 saturated heterocycles. The van der Waals surface area contributed by atoms with Gasteiger partial charge in [0.25, 0.3) is 0 Å². The van der Waals surface area contributed by atoms with E-state index < -0.39 is 0 Å². The zero-order chi connectivity index (χ0) is 14.7. The Morgan fingerprint density at radius 2 is 2.14 bits per heavy atom. The van der Waals surface area contributed by atoms with Crippen molar-refractivity contribution in [2.75, 3.05) is 26.2 Å². The number of piperidine rings is 1. The minimum absolute atomic E-state index is 0.194. The Morgan fingerprint density at radius 3 is 2.86 bits per heavy atom. The number of hydrogen-bond donors (Lipinski definition) is 1. The van der Waals surface area contributed by atoms with Crippen molar-refractivity contribution in [1.82, 2.24) is 15.1 Å². The molecule has 0 bridgehead atoms. The zero-order valence-corrected chi connectivity index (χ0v) is 12.8. The summed E-state index contributed by atoms with van der Waals surface area (Å²) in [4.78, 5) is 16.5. The highest BCUT2D eigenvalue weighted by atomic mass is 16.3. The third-order valence-electron chi connectivity index (χ3n) is 4.74. The van der Waals surface area contributed by atoms with Crippen molar-refractivity contribution in [1.29, 1.82) is 0 Å². The van der Waals surface area contributed by atoms with E-state index in [9.17, 15) is 4.79 Å². The summed E-state index contributed by atoms with van der Waals surface area (Å²) in [7, 11) is 0. The maximum Gasteiger partial charge on any atom is 0.221 e. The predicted molar refractivity (Wildman–Crippen MR) is 80.8 cm³/mol. The fourth-order valence-corrected chi connectivity index (χ4v) is 3.49. The number of nitrogens with zero attached hydrogens (tertiary/aromatic N) is 2. The molecule has 1 N–H and O–H groups in total. The van der Waals surface area contributed by atoms with Gasteiger partial charge in [-0.25, -0.2) is 0 Å². The van der Waals surface area contributed by atoms with Gasteiger partial charge in [0.15, 0.2) is 0 Å². The number of carbonyl (C=O) groups excluding carboxylic acids is 1. The highest BCUT2D eigenvalue weighted by Gasteiger charge is 2.29. The Kier molecular flexibility index (Phi) is 4.60. The van der Waals surface area contributed by atoms with Crippen LogP contribution in [-0.2, 0) is 11.3 Å². The topological polar surface area (TPSA) is 48.7 Å². The van der Waals surface area contributed by atoms with Crippen LogP contribution in [0.1, 0.15) is 31.9 Å². The molecule has 5 heteroatoms. The third kappa shape index (κ3) is 3.66. The molecule has 21 heavy (non-hydrogen) atoms. The first-order valence-electron chi connectivity index (χ1n) is 7.99. The Labute approximate surface area is 126 Å². The number of likely N-dealkylation sites (tertiary alicyclic amines) is 1. The molecule has 0 aromatic carbocycles. The van der Waals surface area contributed by atoms with E-state index in [1.807, 2.05) is 12.1 Å². The van der Waals surface area contributed by atoms with Crippen LogP contribution in [0.3, 0.4) is 0 Å². The van der Waals surface area contributed by atoms with E-state index in [1.54, 1.807) is 6.26 Å². The molecule has 2 fully saturated rings. The van der Waals surface area contributed by atoms with E-state index in [1.165, 1.54) is 12.8 Å². The van der Waals surface area contributed by atoms with E-state index in [0.717, 1.165) is 38.5 Å². The summed E-state index contributed by atoms with van der Waals surface area (Å²) in [6.07, 6.45) is 4.74. The van der Waals surface area contributed by atoms with Gasteiger partial charge < -0.3 is 9.73 Å². The van der Waals surface area contributed by atoms with Crippen molar-refractivity contribution < 1.29 is 9.21 Å². The summed E-state index contributed by atoms with van der Waals surface area (Å²) in [6.45, 7) is 7.03. The first-order chi connectivity index (χ1) is 10.2. The highest BCUT2D eigenvalue weighted by molar-refractivity contribution is 5.76. The van der Waals surface area contributed by atoms with E-state index in [4.69, 9.17) is 4.42 Å². The van der Waals surface area contributed by atoms with Crippen LogP contribution in [0.4, 0.5) is 0 Å². The lowest BCUT2D eigenvalue weighted by Gasteiger charge is -2.40. The molecule has 0 aliphatic carbocycles. The van der Waals surface area contributed by atoms with Gasteiger partial charge in [0.05, 0.1) is 12.8 Å². The molecule has 3 rings (SSSR count). The smallest absolute Gasteiger partial charge is 0.221 e. The number of amides is 1. The maximum atomic E-state index is 11.5. The van der Waals surface area contributed by atoms with Crippen molar-refractivity contribution in [2.24, 2.45) is 0 Å². The second kappa shape index (κ2) is 6.62. The lowest BCUT2D eigenvalue weighted by atomic mass is 10.0. The predicted octanol–water partition coefficient (Wildman–Crippen LogP) is 1.45. The molecular formula is C16H25N3O2. The van der Waals surface area contributed by atoms with Gasteiger partial charge in [0.1, 0.15) is 5.76 Å². The van der Waals surface area contributed by atoms with E-state index in [0.29, 0.717) is 18.5 Å². The Bertz CT molecular complexity index is 452. The Balaban J connectivity index is 1.51. The summed E-state index contributed by atoms with van der Waals surface area (Å²) < 4.78 is 5.43. The van der Waals surface area contributed by atoms with Crippen LogP contribution in [0.15, 0.2) is 22.8 Å². The largest absolute Gasteiger partial charge is 0.468 e. The molecule has 5 nitrogen and oxygen atoms in total. The lowest BCUT2D eigenvalue weighted by Crippen LogP contribution is -2.49. The van der Waals surface area contributed by atoms with Gasteiger partial charge in [0, 0.05) is 44.7 Å². The molecular weight excluding hydrogens is 266 g/mol. The summed E-state index contributed by atoms with van der Waals surface area (Å²) in [6, 6.07) is 5.05. The van der Waals surface area contributed by atoms with Crippen LogP contribution >= 0.6 is 0 Å². The highest BCUT2D eigenvalue weighted by Crippen LogP contribution is 2.21. The molecule has 1 aromatic heterocycles. The molecule has 1 amide bonds. The van der Waals surface area contributed by atoms with E-state index >= 15 is 0 Å². The van der Waals surface area contributed by atoms with Crippen molar-refractivity contribution in [3.63, 3.8) is 0 Å². The molecule has 2 aliphatic heterocycles. The number of hydrogen-bond acceptors (Lipinski definition) is 4. The van der Waals surface area contributed by atoms with Gasteiger partial charge in [-0.3, -0.25) is 14.6 Å². The van der Waals surface area contributed by atoms with Crippen molar-refractivity contribution in [2.45, 2.75) is 44.8 Å². The van der Waals surface area contributed by atoms with Crippen LogP contribution in [0.25, 0.3) is 0 Å². The first-order valence-corrected chi connectivity index (χ1v) is 7.99. The van der Waals surface area contributed by atoms with Crippen molar-refractivity contribution in [3.05, 3.63) is 24.2 Å². The van der Waals surface area contributed by atoms with Gasteiger partial charge >= 0.3 is 0 Å². The van der Waals surface area contributed by atoms with Gasteiger partial charge in [-0.05, 0) is 31.9 Å². The Hall–Kier alpha value is -1.33. The van der Waals surface area contributed by atoms with Crippen LogP contribution in [0, 0.1) is 0 Å². The molecule has 0 saturated carbocycles. The molecule has 3 heterocycles. The van der Waals surface area contributed by atoms with Crippen LogP contribution < -0.4 is 5.32 Å². The van der Waals surface area contributed by atoms with Crippen LogP contribution in [0.2, 0.25) is 0 Å². The van der Waals surface area contributed by atoms with E-state index in [-0.39, 0.29) is 5.91 Å². The molecule has 0 spiro atoms. The molecule has 0 unspecified atom stereocenters. The lowest BCUT2D eigenvalue weighted by molar-refractivity contribution is -0.120. The normalized spacial score (nSPS) is 26.5. The maximum absolute atomic E-state index is 11.5. The molecule has 1 aromatic rings. The summed E-state index contributed by atoms with van der Waals surface area (Å²) in [5, 5.41) is 3.00. The summed E-state index contributed by atoms with van der Waals surface area (Å²) >= 11 is 0. The number of rotatable bonds is 3. The average Bonchev–Trinajstić information content (AvgIpc) is 2.93. The molecule has 0 radical (unpaired) electrons. The summed E-state index contributed by atoms with van der Waals surface area (Å²) in [5.74, 6) is 1.24. The SMILES string of the molecule is C[C@@H]1CNC(=O)CCN1C1CCN(Cc2ccco2)CC1. The minimum atomic E-state index is 0.194. The quantitative estimate of drug-likeness (QED) is 0.916. The van der Waals surface area contributed by atoms with Crippen molar-refractivity contribution in [3.8, 4) is 0 Å². The minimum Gasteiger partial charge on any atom is -0.468 e. The summed E-state index contributed by atoms with van der Waals surface area (Å²) in [5.41, 5.74) is 0. The Morgan fingerprint density at radius 1 is 1.33 bits per heavy atom. The third-order valence-corrected chi connectivity index (χ3v) is 4.74. The standard InChI is InChI=1S/C16H25N3O2/c1-13-11-17-16(20)6-9-19(13)14-4-7-18(8-5-14)12-15-3-2-10-21-15/h2-3,10,13-14H,4-9,11-12H2,1H3,(H,17,20)/t13-/m1/s1. The molecule has 116 valence electrons. The second-order valence-electron chi connectivity index (χ2n) is 6.23. The van der Waals surface area contributed by atoms with E-state index in [2.05, 4.69) is 22.0 Å². The van der Waals surface area contributed by atoms with Gasteiger partial charge in [-0.1, -0.05) is 0 Å². The fraction of sp³-hybridized carbons (Fsp3) is 0.688. The van der Waals surface area contributed by atoms with Gasteiger partial charge in [-0.2, -0.15) is 0 Å². The van der Waals surface area contributed by atoms with Crippen LogP contribution in [0.5, 0.6) is 0 Å². The number of carbonyl (C=O) groups is 1. The number of furan rings is 1. The first kappa shape index (κ1) is 14.6. The second-order valence-corrected chi connectivity index (χ2v) is 6.23. The molecule has 1 atom stereocenters. The molecule has 2 aliphatic rings. The average molecular weight is 291 g/mol. The van der Waals surface area contributed by atoms with Crippen LogP contribution in [-0.4, -0.2) is 54.0 Å². The number of nitrogens with one attached hydrogen (secondary N) is 1.